The maximum absolute atomic E-state index is 10.9. The minimum atomic E-state index is 0.137. The molecule has 6 aromatic carbocycles. The zero-order chi connectivity index (χ0) is 51.0. The number of hydrogen-bond acceptors (Lipinski definition) is 8. The van der Waals surface area contributed by atoms with Crippen LogP contribution >= 0.6 is 0 Å². The molecule has 12 nitrogen and oxygen atoms in total. The monoisotopic (exact) mass is 947 g/mol. The van der Waals surface area contributed by atoms with E-state index >= 15 is 0 Å². The lowest BCUT2D eigenvalue weighted by Crippen LogP contribution is -2.33. The number of benzene rings is 6. The van der Waals surface area contributed by atoms with Gasteiger partial charge in [0.05, 0.1) is 107 Å². The van der Waals surface area contributed by atoms with E-state index in [0.29, 0.717) is 57.8 Å². The maximum atomic E-state index is 10.9. The maximum Gasteiger partial charge on any atom is 0.124 e. The summed E-state index contributed by atoms with van der Waals surface area (Å²) < 4.78 is 2.95. The van der Waals surface area contributed by atoms with Crippen molar-refractivity contribution in [1.82, 2.24) is 0 Å². The molecular formula is C58H74N8O4+4. The molecule has 0 aliphatic carbocycles. The Bertz CT molecular complexity index is 2730. The van der Waals surface area contributed by atoms with Gasteiger partial charge in [0.15, 0.2) is 0 Å². The number of rotatable bonds is 19. The number of phenolic OH excluding ortho intramolecular Hbond substituents is 4. The van der Waals surface area contributed by atoms with E-state index in [4.69, 9.17) is 20.0 Å². The topological polar surface area (TPSA) is 130 Å². The van der Waals surface area contributed by atoms with Gasteiger partial charge < -0.3 is 38.4 Å². The molecule has 0 unspecified atom stereocenters. The van der Waals surface area contributed by atoms with Gasteiger partial charge in [0, 0.05) is 69.4 Å². The Balaban J connectivity index is 1.35. The molecule has 0 aliphatic heterocycles. The van der Waals surface area contributed by atoms with Crippen LogP contribution in [0.1, 0.15) is 55.6 Å². The molecule has 70 heavy (non-hydrogen) atoms. The summed E-state index contributed by atoms with van der Waals surface area (Å²) in [7, 11) is 25.5. The molecule has 366 valence electrons. The predicted molar refractivity (Wildman–Crippen MR) is 289 cm³/mol. The van der Waals surface area contributed by atoms with Gasteiger partial charge in [0.1, 0.15) is 49.2 Å². The molecule has 0 saturated carbocycles. The highest BCUT2D eigenvalue weighted by Gasteiger charge is 2.15. The number of aromatic hydroxyl groups is 4. The molecule has 12 heteroatoms. The van der Waals surface area contributed by atoms with Crippen molar-refractivity contribution in [3.05, 3.63) is 165 Å². The summed E-state index contributed by atoms with van der Waals surface area (Å²) in [4.78, 5) is 19.6. The SMILES string of the molecule is C[N+](C)(C)Cc1ccc(O)c(C=Nc2ccc(CCc3ccc(N=Cc4cc(C[N+](C)(C)C)ccc4O)c(N=Cc4cc(C[N+](C)(C)C)ccc4O)c3)cc2N=Cc2cc(C[N+](C)(C)C)ccc2O)c1. The first-order valence-corrected chi connectivity index (χ1v) is 23.7. The van der Waals surface area contributed by atoms with Gasteiger partial charge >= 0.3 is 0 Å². The molecule has 0 spiro atoms. The van der Waals surface area contributed by atoms with Gasteiger partial charge in [-0.2, -0.15) is 0 Å². The molecule has 4 N–H and O–H groups in total. The average Bonchev–Trinajstić information content (AvgIpc) is 3.25. The zero-order valence-electron chi connectivity index (χ0n) is 43.3. The summed E-state index contributed by atoms with van der Waals surface area (Å²) in [5, 5.41) is 43.4. The highest BCUT2D eigenvalue weighted by atomic mass is 16.3. The fourth-order valence-electron chi connectivity index (χ4n) is 8.13. The van der Waals surface area contributed by atoms with Gasteiger partial charge in [0.2, 0.25) is 0 Å². The van der Waals surface area contributed by atoms with Crippen LogP contribution in [-0.4, -0.2) is 148 Å². The molecule has 0 fully saturated rings. The van der Waals surface area contributed by atoms with E-state index in [0.717, 1.165) is 77.5 Å². The Hall–Kier alpha value is -6.96. The Morgan fingerprint density at radius 1 is 0.300 bits per heavy atom. The number of hydrogen-bond donors (Lipinski definition) is 4. The smallest absolute Gasteiger partial charge is 0.124 e. The summed E-state index contributed by atoms with van der Waals surface area (Å²) in [5.41, 5.74) is 11.3. The van der Waals surface area contributed by atoms with E-state index in [1.165, 1.54) is 0 Å². The lowest BCUT2D eigenvalue weighted by molar-refractivity contribution is -0.884. The summed E-state index contributed by atoms with van der Waals surface area (Å²) in [6.45, 7) is 3.14. The van der Waals surface area contributed by atoms with E-state index in [1.54, 1.807) is 49.1 Å². The summed E-state index contributed by atoms with van der Waals surface area (Å²) >= 11 is 0. The zero-order valence-corrected chi connectivity index (χ0v) is 43.3. The molecule has 6 rings (SSSR count). The highest BCUT2D eigenvalue weighted by Crippen LogP contribution is 2.34. The van der Waals surface area contributed by atoms with Crippen LogP contribution in [0.4, 0.5) is 22.7 Å². The molecule has 0 aliphatic rings. The largest absolute Gasteiger partial charge is 0.507 e. The van der Waals surface area contributed by atoms with Crippen molar-refractivity contribution in [2.75, 3.05) is 84.6 Å². The minimum absolute atomic E-state index is 0.137. The normalized spacial score (nSPS) is 12.9. The van der Waals surface area contributed by atoms with Crippen LogP contribution in [0.2, 0.25) is 0 Å². The summed E-state index contributed by atoms with van der Waals surface area (Å²) in [6.07, 6.45) is 8.05. The molecular weight excluding hydrogens is 873 g/mol. The van der Waals surface area contributed by atoms with Gasteiger partial charge in [-0.3, -0.25) is 20.0 Å². The number of nitrogens with zero attached hydrogens (tertiary/aromatic N) is 8. The number of quaternary nitrogens is 4. The van der Waals surface area contributed by atoms with E-state index in [-0.39, 0.29) is 23.0 Å². The Kier molecular flexibility index (Phi) is 16.3. The molecule has 0 aromatic heterocycles. The van der Waals surface area contributed by atoms with E-state index in [2.05, 4.69) is 84.6 Å². The number of aryl methyl sites for hydroxylation is 2. The van der Waals surface area contributed by atoms with Crippen LogP contribution in [0, 0.1) is 0 Å². The van der Waals surface area contributed by atoms with E-state index in [1.807, 2.05) is 84.9 Å². The first kappa shape index (κ1) is 52.4. The van der Waals surface area contributed by atoms with E-state index < -0.39 is 0 Å². The van der Waals surface area contributed by atoms with Crippen molar-refractivity contribution < 1.29 is 38.4 Å². The van der Waals surface area contributed by atoms with Gasteiger partial charge in [-0.15, -0.1) is 0 Å². The van der Waals surface area contributed by atoms with Crippen molar-refractivity contribution in [1.29, 1.82) is 0 Å². The molecule has 0 radical (unpaired) electrons. The standard InChI is InChI=1S/C58H70N8O4/c1-63(2,3)37-43-17-23-55(67)47(27-43)33-59-51-21-15-41(31-53(51)61-35-49-29-45(19-25-57(49)69)39-65(7,8)9)13-14-42-16-22-52(60-34-48-28-44(18-24-56(48)68)38-64(4,5)6)54(32-42)62-36-50-30-46(20-26-58(50)70)40-66(10,11)12/h15-36H,13-14,37-40H2,1-12H3/p+4. The molecule has 0 bridgehead atoms. The summed E-state index contributed by atoms with van der Waals surface area (Å²) in [5.74, 6) is 0.557. The van der Waals surface area contributed by atoms with Crippen LogP contribution in [0.3, 0.4) is 0 Å². The van der Waals surface area contributed by atoms with Crippen LogP contribution in [-0.2, 0) is 39.0 Å². The fourth-order valence-corrected chi connectivity index (χ4v) is 8.13. The summed E-state index contributed by atoms with van der Waals surface area (Å²) in [6, 6.07) is 34.5. The Morgan fingerprint density at radius 2 is 0.529 bits per heavy atom. The van der Waals surface area contributed by atoms with Crippen LogP contribution in [0.25, 0.3) is 0 Å². The van der Waals surface area contributed by atoms with Crippen LogP contribution in [0.5, 0.6) is 23.0 Å². The van der Waals surface area contributed by atoms with Crippen molar-refractivity contribution >= 4 is 47.6 Å². The van der Waals surface area contributed by atoms with Crippen molar-refractivity contribution in [3.8, 4) is 23.0 Å². The van der Waals surface area contributed by atoms with Gasteiger partial charge in [-0.25, -0.2) is 0 Å². The molecule has 0 heterocycles. The van der Waals surface area contributed by atoms with Gasteiger partial charge in [0.25, 0.3) is 0 Å². The average molecular weight is 947 g/mol. The second-order valence-corrected chi connectivity index (χ2v) is 22.5. The third kappa shape index (κ3) is 16.3. The van der Waals surface area contributed by atoms with Crippen molar-refractivity contribution in [2.45, 2.75) is 39.0 Å². The second-order valence-electron chi connectivity index (χ2n) is 22.5. The lowest BCUT2D eigenvalue weighted by atomic mass is 10.0. The molecule has 0 saturated heterocycles. The number of aliphatic imine (C=N–C) groups is 4. The Labute approximate surface area is 415 Å². The highest BCUT2D eigenvalue weighted by molar-refractivity contribution is 5.91. The number of phenols is 4. The minimum Gasteiger partial charge on any atom is -0.507 e. The van der Waals surface area contributed by atoms with E-state index in [9.17, 15) is 20.4 Å². The Morgan fingerprint density at radius 3 is 0.771 bits per heavy atom. The second kappa shape index (κ2) is 21.8. The quantitative estimate of drug-likeness (QED) is 0.0476. The van der Waals surface area contributed by atoms with Gasteiger partial charge in [-0.05, 0) is 121 Å². The third-order valence-electron chi connectivity index (χ3n) is 11.1. The lowest BCUT2D eigenvalue weighted by Gasteiger charge is -2.24. The third-order valence-corrected chi connectivity index (χ3v) is 11.1. The van der Waals surface area contributed by atoms with Crippen LogP contribution < -0.4 is 0 Å². The first-order chi connectivity index (χ1) is 32.7. The molecule has 6 aromatic rings. The fraction of sp³-hybridized carbons (Fsp3) is 0.310. The van der Waals surface area contributed by atoms with Gasteiger partial charge in [-0.1, -0.05) is 12.1 Å². The van der Waals surface area contributed by atoms with Crippen molar-refractivity contribution in [2.24, 2.45) is 20.0 Å². The molecule has 0 atom stereocenters. The van der Waals surface area contributed by atoms with Crippen LogP contribution in [0.15, 0.2) is 129 Å². The molecule has 0 amide bonds. The van der Waals surface area contributed by atoms with Crippen molar-refractivity contribution in [3.63, 3.8) is 0 Å². The first-order valence-electron chi connectivity index (χ1n) is 23.7. The predicted octanol–water partition coefficient (Wildman–Crippen LogP) is 10.1.